The molecule has 2 aromatic carbocycles. The van der Waals surface area contributed by atoms with Crippen LogP contribution in [-0.2, 0) is 9.59 Å². The molecule has 0 fully saturated rings. The van der Waals surface area contributed by atoms with Crippen LogP contribution in [0.1, 0.15) is 13.3 Å². The first-order valence-corrected chi connectivity index (χ1v) is 8.50. The Labute approximate surface area is 145 Å². The maximum absolute atomic E-state index is 12.0. The van der Waals surface area contributed by atoms with Gasteiger partial charge in [0.05, 0.1) is 7.11 Å². The van der Waals surface area contributed by atoms with E-state index < -0.39 is 0 Å². The number of hydrogen-bond donors (Lipinski definition) is 2. The molecule has 0 spiro atoms. The Hall–Kier alpha value is -2.47. The first-order valence-electron chi connectivity index (χ1n) is 7.51. The first-order chi connectivity index (χ1) is 11.6. The molecule has 0 aliphatic carbocycles. The van der Waals surface area contributed by atoms with Crippen molar-refractivity contribution in [1.29, 1.82) is 0 Å². The lowest BCUT2D eigenvalue weighted by Gasteiger charge is -2.08. The van der Waals surface area contributed by atoms with Gasteiger partial charge in [0.15, 0.2) is 0 Å². The van der Waals surface area contributed by atoms with E-state index in [0.29, 0.717) is 23.5 Å². The van der Waals surface area contributed by atoms with Crippen LogP contribution >= 0.6 is 11.8 Å². The van der Waals surface area contributed by atoms with E-state index in [1.165, 1.54) is 6.92 Å². The Kier molecular flexibility index (Phi) is 6.69. The van der Waals surface area contributed by atoms with E-state index >= 15 is 0 Å². The second-order valence-corrected chi connectivity index (χ2v) is 6.25. The number of thioether (sulfide) groups is 1. The monoisotopic (exact) mass is 344 g/mol. The van der Waals surface area contributed by atoms with Crippen molar-refractivity contribution in [3.63, 3.8) is 0 Å². The summed E-state index contributed by atoms with van der Waals surface area (Å²) in [6.07, 6.45) is 0.404. The predicted molar refractivity (Wildman–Crippen MR) is 97.7 cm³/mol. The van der Waals surface area contributed by atoms with Crippen LogP contribution in [0.2, 0.25) is 0 Å². The Balaban J connectivity index is 1.79. The maximum atomic E-state index is 12.0. The van der Waals surface area contributed by atoms with E-state index in [1.54, 1.807) is 43.1 Å². The average Bonchev–Trinajstić information content (AvgIpc) is 2.55. The molecule has 126 valence electrons. The summed E-state index contributed by atoms with van der Waals surface area (Å²) in [6.45, 7) is 1.45. The zero-order chi connectivity index (χ0) is 17.4. The molecule has 2 aromatic rings. The maximum Gasteiger partial charge on any atom is 0.225 e. The molecular weight excluding hydrogens is 324 g/mol. The van der Waals surface area contributed by atoms with Crippen LogP contribution in [0.15, 0.2) is 53.4 Å². The summed E-state index contributed by atoms with van der Waals surface area (Å²) < 4.78 is 5.11. The second-order valence-electron chi connectivity index (χ2n) is 5.08. The highest BCUT2D eigenvalue weighted by Gasteiger charge is 2.04. The molecule has 2 N–H and O–H groups in total. The van der Waals surface area contributed by atoms with Crippen LogP contribution in [0, 0.1) is 0 Å². The van der Waals surface area contributed by atoms with Crippen molar-refractivity contribution >= 4 is 35.0 Å². The van der Waals surface area contributed by atoms with E-state index in [4.69, 9.17) is 4.74 Å². The Morgan fingerprint density at radius 2 is 1.71 bits per heavy atom. The van der Waals surface area contributed by atoms with Crippen LogP contribution in [0.3, 0.4) is 0 Å². The van der Waals surface area contributed by atoms with Crippen molar-refractivity contribution in [2.45, 2.75) is 18.2 Å². The predicted octanol–water partition coefficient (Wildman–Crippen LogP) is 3.77. The quantitative estimate of drug-likeness (QED) is 0.750. The lowest BCUT2D eigenvalue weighted by Crippen LogP contribution is -2.12. The molecule has 6 heteroatoms. The van der Waals surface area contributed by atoms with Crippen molar-refractivity contribution in [1.82, 2.24) is 0 Å². The molecule has 0 radical (unpaired) electrons. The number of carbonyl (C=O) groups is 2. The summed E-state index contributed by atoms with van der Waals surface area (Å²) in [7, 11) is 1.63. The number of methoxy groups -OCH3 is 1. The topological polar surface area (TPSA) is 67.4 Å². The number of nitrogens with one attached hydrogen (secondary N) is 2. The molecule has 0 heterocycles. The highest BCUT2D eigenvalue weighted by atomic mass is 32.2. The summed E-state index contributed by atoms with van der Waals surface area (Å²) >= 11 is 1.62. The molecule has 0 aromatic heterocycles. The summed E-state index contributed by atoms with van der Waals surface area (Å²) in [5, 5.41) is 5.52. The third-order valence-corrected chi connectivity index (χ3v) is 4.14. The van der Waals surface area contributed by atoms with Gasteiger partial charge in [-0.1, -0.05) is 6.07 Å². The summed E-state index contributed by atoms with van der Waals surface area (Å²) in [4.78, 5) is 24.2. The van der Waals surface area contributed by atoms with Gasteiger partial charge in [-0.25, -0.2) is 0 Å². The Bertz CT molecular complexity index is 702. The van der Waals surface area contributed by atoms with Crippen LogP contribution in [0.25, 0.3) is 0 Å². The number of benzene rings is 2. The van der Waals surface area contributed by atoms with Gasteiger partial charge in [0.2, 0.25) is 11.8 Å². The molecule has 0 bridgehead atoms. The lowest BCUT2D eigenvalue weighted by molar-refractivity contribution is -0.116. The standard InChI is InChI=1S/C18H20N2O3S/c1-13(21)19-14-4-3-5-15(12-14)20-18(22)10-11-24-17-8-6-16(23-2)7-9-17/h3-9,12H,10-11H2,1-2H3,(H,19,21)(H,20,22). The number of anilines is 2. The molecule has 0 atom stereocenters. The first kappa shape index (κ1) is 17.9. The summed E-state index contributed by atoms with van der Waals surface area (Å²) in [5.41, 5.74) is 1.33. The number of rotatable bonds is 7. The van der Waals surface area contributed by atoms with Gasteiger partial charge in [-0.3, -0.25) is 9.59 Å². The minimum Gasteiger partial charge on any atom is -0.497 e. The Morgan fingerprint density at radius 3 is 2.33 bits per heavy atom. The van der Waals surface area contributed by atoms with Gasteiger partial charge in [-0.05, 0) is 42.5 Å². The number of amides is 2. The fourth-order valence-electron chi connectivity index (χ4n) is 2.03. The number of ether oxygens (including phenoxy) is 1. The van der Waals surface area contributed by atoms with Gasteiger partial charge in [0, 0.05) is 35.4 Å². The second kappa shape index (κ2) is 8.98. The van der Waals surface area contributed by atoms with Crippen molar-refractivity contribution < 1.29 is 14.3 Å². The van der Waals surface area contributed by atoms with E-state index in [2.05, 4.69) is 10.6 Å². The summed E-state index contributed by atoms with van der Waals surface area (Å²) in [6, 6.07) is 14.8. The molecule has 24 heavy (non-hydrogen) atoms. The molecule has 0 unspecified atom stereocenters. The fourth-order valence-corrected chi connectivity index (χ4v) is 2.89. The van der Waals surface area contributed by atoms with Crippen LogP contribution < -0.4 is 15.4 Å². The fraction of sp³-hybridized carbons (Fsp3) is 0.222. The molecule has 0 saturated heterocycles. The summed E-state index contributed by atoms with van der Waals surface area (Å²) in [5.74, 6) is 1.30. The molecule has 2 rings (SSSR count). The zero-order valence-electron chi connectivity index (χ0n) is 13.7. The van der Waals surface area contributed by atoms with Crippen LogP contribution in [-0.4, -0.2) is 24.7 Å². The van der Waals surface area contributed by atoms with Gasteiger partial charge in [-0.15, -0.1) is 11.8 Å². The molecular formula is C18H20N2O3S. The van der Waals surface area contributed by atoms with Crippen molar-refractivity contribution in [3.05, 3.63) is 48.5 Å². The van der Waals surface area contributed by atoms with Crippen molar-refractivity contribution in [3.8, 4) is 5.75 Å². The van der Waals surface area contributed by atoms with Crippen molar-refractivity contribution in [2.24, 2.45) is 0 Å². The lowest BCUT2D eigenvalue weighted by atomic mass is 10.2. The van der Waals surface area contributed by atoms with Crippen LogP contribution in [0.4, 0.5) is 11.4 Å². The van der Waals surface area contributed by atoms with Crippen molar-refractivity contribution in [2.75, 3.05) is 23.5 Å². The average molecular weight is 344 g/mol. The minimum atomic E-state index is -0.144. The number of carbonyl (C=O) groups excluding carboxylic acids is 2. The van der Waals surface area contributed by atoms with Gasteiger partial charge in [0.1, 0.15) is 5.75 Å². The Morgan fingerprint density at radius 1 is 1.04 bits per heavy atom. The largest absolute Gasteiger partial charge is 0.497 e. The highest BCUT2D eigenvalue weighted by Crippen LogP contribution is 2.22. The van der Waals surface area contributed by atoms with Crippen LogP contribution in [0.5, 0.6) is 5.75 Å². The highest BCUT2D eigenvalue weighted by molar-refractivity contribution is 7.99. The smallest absolute Gasteiger partial charge is 0.225 e. The molecule has 0 saturated carbocycles. The van der Waals surface area contributed by atoms with Gasteiger partial charge >= 0.3 is 0 Å². The van der Waals surface area contributed by atoms with E-state index in [1.807, 2.05) is 24.3 Å². The van der Waals surface area contributed by atoms with E-state index in [9.17, 15) is 9.59 Å². The number of hydrogen-bond acceptors (Lipinski definition) is 4. The van der Waals surface area contributed by atoms with E-state index in [-0.39, 0.29) is 11.8 Å². The van der Waals surface area contributed by atoms with Gasteiger partial charge in [0.25, 0.3) is 0 Å². The normalized spacial score (nSPS) is 10.1. The minimum absolute atomic E-state index is 0.0593. The SMILES string of the molecule is COc1ccc(SCCC(=O)Nc2cccc(NC(C)=O)c2)cc1. The molecule has 0 aliphatic rings. The third kappa shape index (κ3) is 5.96. The zero-order valence-corrected chi connectivity index (χ0v) is 14.5. The molecule has 2 amide bonds. The van der Waals surface area contributed by atoms with Gasteiger partial charge in [-0.2, -0.15) is 0 Å². The van der Waals surface area contributed by atoms with E-state index in [0.717, 1.165) is 10.6 Å². The van der Waals surface area contributed by atoms with Gasteiger partial charge < -0.3 is 15.4 Å². The molecule has 5 nitrogen and oxygen atoms in total. The third-order valence-electron chi connectivity index (χ3n) is 3.12. The molecule has 0 aliphatic heterocycles.